The Morgan fingerprint density at radius 3 is 2.84 bits per heavy atom. The summed E-state index contributed by atoms with van der Waals surface area (Å²) in [4.78, 5) is 7.85. The van der Waals surface area contributed by atoms with Crippen LogP contribution in [0.3, 0.4) is 0 Å². The first-order valence-corrected chi connectivity index (χ1v) is 9.21. The number of hydrogen-bond acceptors (Lipinski definition) is 6. The molecule has 0 saturated carbocycles. The van der Waals surface area contributed by atoms with Gasteiger partial charge < -0.3 is 9.47 Å². The number of halogens is 1. The topological polar surface area (TPSA) is 81.6 Å². The summed E-state index contributed by atoms with van der Waals surface area (Å²) >= 11 is 0. The summed E-state index contributed by atoms with van der Waals surface area (Å²) in [6, 6.07) is 3.62. The number of ether oxygens (including phenoxy) is 2. The molecule has 0 aliphatic carbocycles. The van der Waals surface area contributed by atoms with E-state index in [1.54, 1.807) is 0 Å². The normalized spacial score (nSPS) is 18.7. The standard InChI is InChI=1S/C16H18FN3O4S/c1-23-15-5-4-13(9-14(15)17)25(21,22)20-8-2-3-12(11-20)24-16-10-18-6-7-19-16/h4-7,9-10,12H,2-3,8,11H2,1H3. The number of piperidine rings is 1. The van der Waals surface area contributed by atoms with Crippen LogP contribution in [0.4, 0.5) is 4.39 Å². The van der Waals surface area contributed by atoms with Crippen molar-refractivity contribution in [1.82, 2.24) is 14.3 Å². The fourth-order valence-corrected chi connectivity index (χ4v) is 4.22. The second-order valence-corrected chi connectivity index (χ2v) is 7.52. The number of sulfonamides is 1. The van der Waals surface area contributed by atoms with Crippen molar-refractivity contribution in [2.24, 2.45) is 0 Å². The smallest absolute Gasteiger partial charge is 0.243 e. The highest BCUT2D eigenvalue weighted by Gasteiger charge is 2.32. The largest absolute Gasteiger partial charge is 0.494 e. The fourth-order valence-electron chi connectivity index (χ4n) is 2.69. The Morgan fingerprint density at radius 1 is 1.32 bits per heavy atom. The zero-order valence-corrected chi connectivity index (χ0v) is 14.4. The van der Waals surface area contributed by atoms with Crippen molar-refractivity contribution in [1.29, 1.82) is 0 Å². The third-order valence-electron chi connectivity index (χ3n) is 3.93. The third-order valence-corrected chi connectivity index (χ3v) is 5.79. The highest BCUT2D eigenvalue weighted by Crippen LogP contribution is 2.26. The molecule has 3 rings (SSSR count). The molecule has 1 aromatic carbocycles. The van der Waals surface area contributed by atoms with Crippen LogP contribution in [0.5, 0.6) is 11.6 Å². The van der Waals surface area contributed by atoms with Gasteiger partial charge in [0, 0.05) is 18.9 Å². The van der Waals surface area contributed by atoms with Gasteiger partial charge in [0.1, 0.15) is 6.10 Å². The quantitative estimate of drug-likeness (QED) is 0.802. The molecule has 9 heteroatoms. The minimum atomic E-state index is -3.81. The molecule has 1 fully saturated rings. The summed E-state index contributed by atoms with van der Waals surface area (Å²) in [6.07, 6.45) is 5.53. The molecule has 1 aliphatic heterocycles. The lowest BCUT2D eigenvalue weighted by atomic mass is 10.1. The average molecular weight is 367 g/mol. The first-order valence-electron chi connectivity index (χ1n) is 7.77. The summed E-state index contributed by atoms with van der Waals surface area (Å²) < 4.78 is 51.2. The van der Waals surface area contributed by atoms with Crippen molar-refractivity contribution < 1.29 is 22.3 Å². The predicted octanol–water partition coefficient (Wildman–Crippen LogP) is 1.86. The number of hydrogen-bond donors (Lipinski definition) is 0. The Morgan fingerprint density at radius 2 is 2.16 bits per heavy atom. The lowest BCUT2D eigenvalue weighted by molar-refractivity contribution is 0.124. The van der Waals surface area contributed by atoms with Gasteiger partial charge >= 0.3 is 0 Å². The van der Waals surface area contributed by atoms with Crippen molar-refractivity contribution in [3.63, 3.8) is 0 Å². The summed E-state index contributed by atoms with van der Waals surface area (Å²) in [5, 5.41) is 0. The Hall–Kier alpha value is -2.26. The molecular formula is C16H18FN3O4S. The van der Waals surface area contributed by atoms with E-state index < -0.39 is 15.8 Å². The number of benzene rings is 1. The SMILES string of the molecule is COc1ccc(S(=O)(=O)N2CCCC(Oc3cnccn3)C2)cc1F. The van der Waals surface area contributed by atoms with Crippen molar-refractivity contribution in [2.45, 2.75) is 23.8 Å². The van der Waals surface area contributed by atoms with E-state index >= 15 is 0 Å². The van der Waals surface area contributed by atoms with E-state index in [9.17, 15) is 12.8 Å². The predicted molar refractivity (Wildman–Crippen MR) is 87.4 cm³/mol. The molecule has 134 valence electrons. The Bertz CT molecular complexity index is 833. The van der Waals surface area contributed by atoms with Gasteiger partial charge in [-0.3, -0.25) is 4.98 Å². The van der Waals surface area contributed by atoms with Crippen LogP contribution >= 0.6 is 0 Å². The van der Waals surface area contributed by atoms with Gasteiger partial charge in [-0.05, 0) is 31.0 Å². The van der Waals surface area contributed by atoms with Gasteiger partial charge in [0.2, 0.25) is 15.9 Å². The molecule has 0 radical (unpaired) electrons. The van der Waals surface area contributed by atoms with Crippen molar-refractivity contribution >= 4 is 10.0 Å². The molecule has 2 heterocycles. The molecule has 0 N–H and O–H groups in total. The lowest BCUT2D eigenvalue weighted by Gasteiger charge is -2.31. The van der Waals surface area contributed by atoms with Crippen LogP contribution in [0.1, 0.15) is 12.8 Å². The molecule has 1 saturated heterocycles. The molecule has 1 unspecified atom stereocenters. The lowest BCUT2D eigenvalue weighted by Crippen LogP contribution is -2.44. The molecule has 1 aromatic heterocycles. The summed E-state index contributed by atoms with van der Waals surface area (Å²) in [6.45, 7) is 0.531. The van der Waals surface area contributed by atoms with Crippen LogP contribution in [0, 0.1) is 5.82 Å². The van der Waals surface area contributed by atoms with Crippen LogP contribution in [0.2, 0.25) is 0 Å². The van der Waals surface area contributed by atoms with E-state index in [1.165, 1.54) is 42.1 Å². The van der Waals surface area contributed by atoms with E-state index in [1.807, 2.05) is 0 Å². The molecule has 1 atom stereocenters. The molecule has 0 spiro atoms. The maximum Gasteiger partial charge on any atom is 0.243 e. The number of methoxy groups -OCH3 is 1. The second-order valence-electron chi connectivity index (χ2n) is 5.59. The van der Waals surface area contributed by atoms with E-state index in [2.05, 4.69) is 9.97 Å². The van der Waals surface area contributed by atoms with Crippen LogP contribution < -0.4 is 9.47 Å². The van der Waals surface area contributed by atoms with Gasteiger partial charge in [-0.1, -0.05) is 0 Å². The van der Waals surface area contributed by atoms with Gasteiger partial charge in [-0.15, -0.1) is 0 Å². The van der Waals surface area contributed by atoms with Crippen molar-refractivity contribution in [2.75, 3.05) is 20.2 Å². The maximum absolute atomic E-state index is 13.9. The molecule has 1 aliphatic rings. The summed E-state index contributed by atoms with van der Waals surface area (Å²) in [5.41, 5.74) is 0. The van der Waals surface area contributed by atoms with Crippen molar-refractivity contribution in [3.8, 4) is 11.6 Å². The highest BCUT2D eigenvalue weighted by molar-refractivity contribution is 7.89. The van der Waals surface area contributed by atoms with E-state index in [-0.39, 0.29) is 23.3 Å². The van der Waals surface area contributed by atoms with E-state index in [0.29, 0.717) is 25.3 Å². The zero-order chi connectivity index (χ0) is 17.9. The fraction of sp³-hybridized carbons (Fsp3) is 0.375. The Kier molecular flexibility index (Phi) is 5.14. The van der Waals surface area contributed by atoms with Gasteiger partial charge in [0.05, 0.1) is 24.7 Å². The second kappa shape index (κ2) is 7.32. The number of rotatable bonds is 5. The summed E-state index contributed by atoms with van der Waals surface area (Å²) in [5.74, 6) is -0.364. The Labute approximate surface area is 145 Å². The van der Waals surface area contributed by atoms with Crippen LogP contribution in [-0.2, 0) is 10.0 Å². The minimum absolute atomic E-state index is 0.00135. The number of aromatic nitrogens is 2. The summed E-state index contributed by atoms with van der Waals surface area (Å²) in [7, 11) is -2.49. The zero-order valence-electron chi connectivity index (χ0n) is 13.6. The molecule has 0 amide bonds. The van der Waals surface area contributed by atoms with E-state index in [4.69, 9.17) is 9.47 Å². The Balaban J connectivity index is 1.76. The molecular weight excluding hydrogens is 349 g/mol. The van der Waals surface area contributed by atoms with E-state index in [0.717, 1.165) is 6.07 Å². The third kappa shape index (κ3) is 3.88. The van der Waals surface area contributed by atoms with Crippen LogP contribution in [-0.4, -0.2) is 49.0 Å². The minimum Gasteiger partial charge on any atom is -0.494 e. The van der Waals surface area contributed by atoms with Gasteiger partial charge in [0.15, 0.2) is 11.6 Å². The van der Waals surface area contributed by atoms with Crippen LogP contribution in [0.25, 0.3) is 0 Å². The average Bonchev–Trinajstić information content (AvgIpc) is 2.62. The molecule has 0 bridgehead atoms. The number of nitrogens with zero attached hydrogens (tertiary/aromatic N) is 3. The van der Waals surface area contributed by atoms with Gasteiger partial charge in [-0.25, -0.2) is 17.8 Å². The van der Waals surface area contributed by atoms with Crippen molar-refractivity contribution in [3.05, 3.63) is 42.6 Å². The first-order chi connectivity index (χ1) is 12.0. The first kappa shape index (κ1) is 17.6. The monoisotopic (exact) mass is 367 g/mol. The van der Waals surface area contributed by atoms with Crippen LogP contribution in [0.15, 0.2) is 41.7 Å². The molecule has 2 aromatic rings. The highest BCUT2D eigenvalue weighted by atomic mass is 32.2. The maximum atomic E-state index is 13.9. The van der Waals surface area contributed by atoms with Gasteiger partial charge in [0.25, 0.3) is 0 Å². The van der Waals surface area contributed by atoms with Gasteiger partial charge in [-0.2, -0.15) is 4.31 Å². The molecule has 7 nitrogen and oxygen atoms in total. The molecule has 25 heavy (non-hydrogen) atoms.